The zero-order valence-electron chi connectivity index (χ0n) is 10.1. The van der Waals surface area contributed by atoms with Crippen molar-refractivity contribution in [2.75, 3.05) is 6.61 Å². The first-order valence-corrected chi connectivity index (χ1v) is 5.82. The van der Waals surface area contributed by atoms with Crippen LogP contribution in [0.3, 0.4) is 0 Å². The largest absolute Gasteiger partial charge is 0.417 e. The average molecular weight is 235 g/mol. The molecule has 4 nitrogen and oxygen atoms in total. The van der Waals surface area contributed by atoms with E-state index in [2.05, 4.69) is 18.8 Å². The van der Waals surface area contributed by atoms with Gasteiger partial charge in [0, 0.05) is 6.61 Å². The van der Waals surface area contributed by atoms with Gasteiger partial charge in [-0.3, -0.25) is 4.98 Å². The third-order valence-corrected chi connectivity index (χ3v) is 3.16. The van der Waals surface area contributed by atoms with Crippen LogP contribution in [0.2, 0.25) is 0 Å². The monoisotopic (exact) mass is 235 g/mol. The average Bonchev–Trinajstić information content (AvgIpc) is 2.64. The van der Waals surface area contributed by atoms with E-state index in [1.165, 1.54) is 0 Å². The van der Waals surface area contributed by atoms with Crippen molar-refractivity contribution in [1.29, 1.82) is 0 Å². The van der Waals surface area contributed by atoms with Gasteiger partial charge in [0.1, 0.15) is 0 Å². The van der Waals surface area contributed by atoms with E-state index in [4.69, 9.17) is 4.42 Å². The van der Waals surface area contributed by atoms with Gasteiger partial charge < -0.3 is 9.52 Å². The van der Waals surface area contributed by atoms with Gasteiger partial charge in [-0.25, -0.2) is 4.79 Å². The van der Waals surface area contributed by atoms with Gasteiger partial charge in [-0.05, 0) is 36.0 Å². The number of benzene rings is 1. The molecule has 2 N–H and O–H groups in total. The lowest BCUT2D eigenvalue weighted by Crippen LogP contribution is -2.16. The summed E-state index contributed by atoms with van der Waals surface area (Å²) in [5, 5.41) is 9.30. The molecule has 0 bridgehead atoms. The van der Waals surface area contributed by atoms with Crippen LogP contribution in [-0.2, 0) is 6.42 Å². The highest BCUT2D eigenvalue weighted by Crippen LogP contribution is 2.19. The van der Waals surface area contributed by atoms with Crippen LogP contribution in [0.4, 0.5) is 0 Å². The number of H-pyrrole nitrogens is 1. The SMILES string of the molecule is CC(C)C(CO)Cc1ccc2[nH]c(=O)oc2c1. The van der Waals surface area contributed by atoms with Crippen LogP contribution in [0.25, 0.3) is 11.1 Å². The van der Waals surface area contributed by atoms with Gasteiger partial charge in [0.25, 0.3) is 0 Å². The van der Waals surface area contributed by atoms with Crippen molar-refractivity contribution < 1.29 is 9.52 Å². The van der Waals surface area contributed by atoms with Gasteiger partial charge in [-0.2, -0.15) is 0 Å². The van der Waals surface area contributed by atoms with Gasteiger partial charge in [0.05, 0.1) is 5.52 Å². The Hall–Kier alpha value is -1.55. The number of fused-ring (bicyclic) bond motifs is 1. The van der Waals surface area contributed by atoms with Gasteiger partial charge in [0.2, 0.25) is 0 Å². The Morgan fingerprint density at radius 3 is 2.82 bits per heavy atom. The van der Waals surface area contributed by atoms with E-state index in [0.29, 0.717) is 17.0 Å². The van der Waals surface area contributed by atoms with Crippen molar-refractivity contribution in [2.45, 2.75) is 20.3 Å². The second-order valence-corrected chi connectivity index (χ2v) is 4.74. The first-order valence-electron chi connectivity index (χ1n) is 5.82. The highest BCUT2D eigenvalue weighted by molar-refractivity contribution is 5.72. The maximum absolute atomic E-state index is 11.0. The molecule has 2 rings (SSSR count). The summed E-state index contributed by atoms with van der Waals surface area (Å²) in [7, 11) is 0. The molecule has 0 radical (unpaired) electrons. The van der Waals surface area contributed by atoms with Crippen LogP contribution in [0, 0.1) is 11.8 Å². The molecular weight excluding hydrogens is 218 g/mol. The lowest BCUT2D eigenvalue weighted by Gasteiger charge is -2.17. The molecule has 0 spiro atoms. The van der Waals surface area contributed by atoms with Crippen molar-refractivity contribution >= 4 is 11.1 Å². The standard InChI is InChI=1S/C13H17NO3/c1-8(2)10(7-15)5-9-3-4-11-12(6-9)17-13(16)14-11/h3-4,6,8,10,15H,5,7H2,1-2H3,(H,14,16). The fourth-order valence-electron chi connectivity index (χ4n) is 1.93. The zero-order valence-corrected chi connectivity index (χ0v) is 10.1. The molecule has 1 unspecified atom stereocenters. The Balaban J connectivity index is 2.26. The van der Waals surface area contributed by atoms with Crippen LogP contribution < -0.4 is 5.76 Å². The highest BCUT2D eigenvalue weighted by Gasteiger charge is 2.13. The number of oxazole rings is 1. The summed E-state index contributed by atoms with van der Waals surface area (Å²) in [5.41, 5.74) is 2.37. The Morgan fingerprint density at radius 2 is 2.18 bits per heavy atom. The van der Waals surface area contributed by atoms with Crippen molar-refractivity contribution in [3.63, 3.8) is 0 Å². The predicted octanol–water partition coefficient (Wildman–Crippen LogP) is 1.93. The Morgan fingerprint density at radius 1 is 1.41 bits per heavy atom. The van der Waals surface area contributed by atoms with Crippen LogP contribution in [0.5, 0.6) is 0 Å². The molecule has 2 aromatic rings. The fraction of sp³-hybridized carbons (Fsp3) is 0.462. The Labute approximate surface area is 99.3 Å². The third kappa shape index (κ3) is 2.58. The van der Waals surface area contributed by atoms with Crippen LogP contribution in [-0.4, -0.2) is 16.7 Å². The maximum Gasteiger partial charge on any atom is 0.417 e. The number of aromatic amines is 1. The summed E-state index contributed by atoms with van der Waals surface area (Å²) in [6, 6.07) is 5.65. The van der Waals surface area contributed by atoms with E-state index >= 15 is 0 Å². The lowest BCUT2D eigenvalue weighted by molar-refractivity contribution is 0.189. The van der Waals surface area contributed by atoms with Crippen molar-refractivity contribution in [3.8, 4) is 0 Å². The molecule has 0 saturated heterocycles. The van der Waals surface area contributed by atoms with E-state index in [-0.39, 0.29) is 12.5 Å². The molecule has 1 atom stereocenters. The quantitative estimate of drug-likeness (QED) is 0.851. The molecule has 0 saturated carbocycles. The van der Waals surface area contributed by atoms with E-state index in [1.807, 2.05) is 18.2 Å². The zero-order chi connectivity index (χ0) is 12.4. The minimum Gasteiger partial charge on any atom is -0.408 e. The molecule has 17 heavy (non-hydrogen) atoms. The van der Waals surface area contributed by atoms with Crippen molar-refractivity contribution in [3.05, 3.63) is 34.3 Å². The summed E-state index contributed by atoms with van der Waals surface area (Å²) in [4.78, 5) is 13.6. The minimum atomic E-state index is -0.431. The van der Waals surface area contributed by atoms with E-state index in [9.17, 15) is 9.90 Å². The summed E-state index contributed by atoms with van der Waals surface area (Å²) in [6.07, 6.45) is 0.791. The Kier molecular flexibility index (Phi) is 3.33. The van der Waals surface area contributed by atoms with Crippen molar-refractivity contribution in [1.82, 2.24) is 4.98 Å². The molecule has 92 valence electrons. The van der Waals surface area contributed by atoms with E-state index in [1.54, 1.807) is 0 Å². The third-order valence-electron chi connectivity index (χ3n) is 3.16. The molecular formula is C13H17NO3. The second-order valence-electron chi connectivity index (χ2n) is 4.74. The van der Waals surface area contributed by atoms with Gasteiger partial charge >= 0.3 is 5.76 Å². The summed E-state index contributed by atoms with van der Waals surface area (Å²) in [5.74, 6) is 0.228. The summed E-state index contributed by atoms with van der Waals surface area (Å²) >= 11 is 0. The van der Waals surface area contributed by atoms with Gasteiger partial charge in [-0.1, -0.05) is 19.9 Å². The molecule has 1 aromatic carbocycles. The van der Waals surface area contributed by atoms with Crippen LogP contribution in [0.15, 0.2) is 27.4 Å². The topological polar surface area (TPSA) is 66.2 Å². The molecule has 0 fully saturated rings. The number of hydrogen-bond acceptors (Lipinski definition) is 3. The second kappa shape index (κ2) is 4.75. The molecule has 4 heteroatoms. The first-order chi connectivity index (χ1) is 8.10. The van der Waals surface area contributed by atoms with Crippen molar-refractivity contribution in [2.24, 2.45) is 11.8 Å². The molecule has 0 aliphatic heterocycles. The number of aliphatic hydroxyl groups excluding tert-OH is 1. The number of nitrogens with one attached hydrogen (secondary N) is 1. The minimum absolute atomic E-state index is 0.173. The smallest absolute Gasteiger partial charge is 0.408 e. The molecule has 1 heterocycles. The Bertz CT molecular complexity index is 553. The summed E-state index contributed by atoms with van der Waals surface area (Å²) < 4.78 is 5.01. The van der Waals surface area contributed by atoms with E-state index in [0.717, 1.165) is 12.0 Å². The molecule has 0 aliphatic rings. The number of rotatable bonds is 4. The van der Waals surface area contributed by atoms with Crippen LogP contribution >= 0.6 is 0 Å². The van der Waals surface area contributed by atoms with E-state index < -0.39 is 5.76 Å². The van der Waals surface area contributed by atoms with Gasteiger partial charge in [0.15, 0.2) is 5.58 Å². The highest BCUT2D eigenvalue weighted by atomic mass is 16.4. The summed E-state index contributed by atoms with van der Waals surface area (Å²) in [6.45, 7) is 4.36. The molecule has 0 aliphatic carbocycles. The predicted molar refractivity (Wildman–Crippen MR) is 66.0 cm³/mol. The fourth-order valence-corrected chi connectivity index (χ4v) is 1.93. The van der Waals surface area contributed by atoms with Gasteiger partial charge in [-0.15, -0.1) is 0 Å². The molecule has 0 amide bonds. The normalized spacial score (nSPS) is 13.4. The maximum atomic E-state index is 11.0. The number of aliphatic hydroxyl groups is 1. The number of aromatic nitrogens is 1. The first kappa shape index (κ1) is 11.9. The lowest BCUT2D eigenvalue weighted by atomic mass is 9.90. The molecule has 1 aromatic heterocycles. The number of hydrogen-bond donors (Lipinski definition) is 2. The van der Waals surface area contributed by atoms with Crippen LogP contribution in [0.1, 0.15) is 19.4 Å².